The van der Waals surface area contributed by atoms with Crippen LogP contribution in [0.5, 0.6) is 0 Å². The number of hydrogen-bond acceptors (Lipinski definition) is 3. The highest BCUT2D eigenvalue weighted by molar-refractivity contribution is 6.29. The molecule has 1 aromatic carbocycles. The van der Waals surface area contributed by atoms with E-state index in [1.54, 1.807) is 6.20 Å². The first kappa shape index (κ1) is 14.4. The number of hydrogen-bond donors (Lipinski definition) is 1. The third kappa shape index (κ3) is 4.19. The predicted octanol–water partition coefficient (Wildman–Crippen LogP) is 3.81. The second-order valence-corrected chi connectivity index (χ2v) is 5.93. The van der Waals surface area contributed by atoms with Gasteiger partial charge in [0.1, 0.15) is 5.15 Å². The van der Waals surface area contributed by atoms with Gasteiger partial charge in [0.25, 0.3) is 0 Å². The molecule has 110 valence electrons. The number of nitrogens with one attached hydrogen (secondary N) is 1. The Hall–Kier alpha value is -1.58. The van der Waals surface area contributed by atoms with Crippen molar-refractivity contribution < 1.29 is 0 Å². The maximum Gasteiger partial charge on any atom is 0.131 e. The summed E-state index contributed by atoms with van der Waals surface area (Å²) in [5.74, 6) is 0. The summed E-state index contributed by atoms with van der Waals surface area (Å²) in [7, 11) is 0. The zero-order valence-corrected chi connectivity index (χ0v) is 12.8. The molecule has 1 aromatic heterocycles. The SMILES string of the molecule is Clc1cc(NC2CCN(Cc3ccccc3)CC2)ccn1. The van der Waals surface area contributed by atoms with E-state index >= 15 is 0 Å². The molecule has 21 heavy (non-hydrogen) atoms. The second-order valence-electron chi connectivity index (χ2n) is 5.55. The molecule has 4 heteroatoms. The maximum atomic E-state index is 5.92. The monoisotopic (exact) mass is 301 g/mol. The van der Waals surface area contributed by atoms with Crippen LogP contribution in [0.2, 0.25) is 5.15 Å². The lowest BCUT2D eigenvalue weighted by molar-refractivity contribution is 0.211. The van der Waals surface area contributed by atoms with Crippen molar-refractivity contribution in [3.05, 3.63) is 59.4 Å². The molecule has 0 atom stereocenters. The van der Waals surface area contributed by atoms with Gasteiger partial charge >= 0.3 is 0 Å². The number of piperidine rings is 1. The summed E-state index contributed by atoms with van der Waals surface area (Å²) in [6.45, 7) is 3.31. The second kappa shape index (κ2) is 6.92. The Labute approximate surface area is 131 Å². The van der Waals surface area contributed by atoms with E-state index in [1.807, 2.05) is 12.1 Å². The summed E-state index contributed by atoms with van der Waals surface area (Å²) in [6.07, 6.45) is 4.06. The molecule has 2 aromatic rings. The van der Waals surface area contributed by atoms with Crippen molar-refractivity contribution in [2.75, 3.05) is 18.4 Å². The van der Waals surface area contributed by atoms with Gasteiger partial charge in [-0.25, -0.2) is 4.98 Å². The maximum absolute atomic E-state index is 5.92. The first-order chi connectivity index (χ1) is 10.3. The minimum Gasteiger partial charge on any atom is -0.382 e. The van der Waals surface area contributed by atoms with Gasteiger partial charge < -0.3 is 5.32 Å². The quantitative estimate of drug-likeness (QED) is 0.870. The molecule has 1 N–H and O–H groups in total. The van der Waals surface area contributed by atoms with Gasteiger partial charge in [0.2, 0.25) is 0 Å². The number of halogens is 1. The highest BCUT2D eigenvalue weighted by atomic mass is 35.5. The minimum absolute atomic E-state index is 0.524. The van der Waals surface area contributed by atoms with Gasteiger partial charge in [-0.3, -0.25) is 4.90 Å². The molecular formula is C17H20ClN3. The fraction of sp³-hybridized carbons (Fsp3) is 0.353. The van der Waals surface area contributed by atoms with Gasteiger partial charge in [0.05, 0.1) is 0 Å². The Morgan fingerprint density at radius 3 is 2.62 bits per heavy atom. The smallest absolute Gasteiger partial charge is 0.131 e. The Kier molecular flexibility index (Phi) is 4.73. The zero-order chi connectivity index (χ0) is 14.5. The third-order valence-corrected chi connectivity index (χ3v) is 4.14. The summed E-state index contributed by atoms with van der Waals surface area (Å²) >= 11 is 5.92. The van der Waals surface area contributed by atoms with Crippen LogP contribution in [0.15, 0.2) is 48.7 Å². The van der Waals surface area contributed by atoms with E-state index in [2.05, 4.69) is 45.5 Å². The molecule has 3 rings (SSSR count). The van der Waals surface area contributed by atoms with E-state index in [4.69, 9.17) is 11.6 Å². The van der Waals surface area contributed by atoms with Crippen molar-refractivity contribution in [2.24, 2.45) is 0 Å². The van der Waals surface area contributed by atoms with E-state index in [1.165, 1.54) is 5.56 Å². The van der Waals surface area contributed by atoms with Gasteiger partial charge in [-0.05, 0) is 30.5 Å². The summed E-state index contributed by atoms with van der Waals surface area (Å²) in [6, 6.07) is 15.1. The standard InChI is InChI=1S/C17H20ClN3/c18-17-12-16(6-9-19-17)20-15-7-10-21(11-8-15)13-14-4-2-1-3-5-14/h1-6,9,12,15H,7-8,10-11,13H2,(H,19,20). The number of pyridine rings is 1. The van der Waals surface area contributed by atoms with E-state index in [9.17, 15) is 0 Å². The molecule has 1 aliphatic rings. The van der Waals surface area contributed by atoms with Crippen LogP contribution in [0.25, 0.3) is 0 Å². The molecule has 1 saturated heterocycles. The molecule has 0 saturated carbocycles. The first-order valence-electron chi connectivity index (χ1n) is 7.44. The Morgan fingerprint density at radius 1 is 1.14 bits per heavy atom. The number of aromatic nitrogens is 1. The molecule has 0 aliphatic carbocycles. The van der Waals surface area contributed by atoms with Crippen molar-refractivity contribution in [1.82, 2.24) is 9.88 Å². The summed E-state index contributed by atoms with van der Waals surface area (Å²) in [5, 5.41) is 4.10. The zero-order valence-electron chi connectivity index (χ0n) is 12.0. The Balaban J connectivity index is 1.49. The van der Waals surface area contributed by atoms with Gasteiger partial charge in [0.15, 0.2) is 0 Å². The lowest BCUT2D eigenvalue weighted by atomic mass is 10.0. The van der Waals surface area contributed by atoms with Crippen LogP contribution in [0, 0.1) is 0 Å². The van der Waals surface area contributed by atoms with Crippen molar-refractivity contribution in [3.8, 4) is 0 Å². The molecule has 0 spiro atoms. The third-order valence-electron chi connectivity index (χ3n) is 3.93. The van der Waals surface area contributed by atoms with Crippen molar-refractivity contribution in [1.29, 1.82) is 0 Å². The molecular weight excluding hydrogens is 282 g/mol. The first-order valence-corrected chi connectivity index (χ1v) is 7.82. The van der Waals surface area contributed by atoms with E-state index < -0.39 is 0 Å². The Morgan fingerprint density at radius 2 is 1.90 bits per heavy atom. The average molecular weight is 302 g/mol. The van der Waals surface area contributed by atoms with Crippen molar-refractivity contribution in [2.45, 2.75) is 25.4 Å². The van der Waals surface area contributed by atoms with Crippen LogP contribution >= 0.6 is 11.6 Å². The molecule has 1 fully saturated rings. The number of benzene rings is 1. The summed E-state index contributed by atoms with van der Waals surface area (Å²) in [5.41, 5.74) is 2.46. The van der Waals surface area contributed by atoms with Crippen LogP contribution in [-0.2, 0) is 6.54 Å². The van der Waals surface area contributed by atoms with Gasteiger partial charge in [-0.15, -0.1) is 0 Å². The normalized spacial score (nSPS) is 16.8. The lowest BCUT2D eigenvalue weighted by Gasteiger charge is -2.32. The molecule has 0 bridgehead atoms. The van der Waals surface area contributed by atoms with E-state index in [0.717, 1.165) is 38.2 Å². The van der Waals surface area contributed by atoms with Crippen LogP contribution in [-0.4, -0.2) is 29.0 Å². The largest absolute Gasteiger partial charge is 0.382 e. The minimum atomic E-state index is 0.524. The number of rotatable bonds is 4. The van der Waals surface area contributed by atoms with Gasteiger partial charge in [-0.2, -0.15) is 0 Å². The van der Waals surface area contributed by atoms with Crippen LogP contribution in [0.4, 0.5) is 5.69 Å². The van der Waals surface area contributed by atoms with Crippen molar-refractivity contribution in [3.63, 3.8) is 0 Å². The van der Waals surface area contributed by atoms with Crippen molar-refractivity contribution >= 4 is 17.3 Å². The van der Waals surface area contributed by atoms with Gasteiger partial charge in [0, 0.05) is 37.6 Å². The van der Waals surface area contributed by atoms with Crippen LogP contribution in [0.3, 0.4) is 0 Å². The number of likely N-dealkylation sites (tertiary alicyclic amines) is 1. The van der Waals surface area contributed by atoms with Crippen LogP contribution in [0.1, 0.15) is 18.4 Å². The van der Waals surface area contributed by atoms with Gasteiger partial charge in [-0.1, -0.05) is 41.9 Å². The fourth-order valence-corrected chi connectivity index (χ4v) is 2.98. The molecule has 1 aliphatic heterocycles. The number of anilines is 1. The highest BCUT2D eigenvalue weighted by Gasteiger charge is 2.19. The summed E-state index contributed by atoms with van der Waals surface area (Å²) < 4.78 is 0. The molecule has 3 nitrogen and oxygen atoms in total. The fourth-order valence-electron chi connectivity index (χ4n) is 2.80. The summed E-state index contributed by atoms with van der Waals surface area (Å²) in [4.78, 5) is 6.53. The van der Waals surface area contributed by atoms with Crippen LogP contribution < -0.4 is 5.32 Å². The number of nitrogens with zero attached hydrogens (tertiary/aromatic N) is 2. The molecule has 0 amide bonds. The molecule has 0 unspecified atom stereocenters. The van der Waals surface area contributed by atoms with E-state index in [-0.39, 0.29) is 0 Å². The topological polar surface area (TPSA) is 28.2 Å². The molecule has 2 heterocycles. The Bertz CT molecular complexity index is 565. The predicted molar refractivity (Wildman–Crippen MR) is 87.6 cm³/mol. The van der Waals surface area contributed by atoms with E-state index in [0.29, 0.717) is 11.2 Å². The average Bonchev–Trinajstić information content (AvgIpc) is 2.50. The highest BCUT2D eigenvalue weighted by Crippen LogP contribution is 2.19. The lowest BCUT2D eigenvalue weighted by Crippen LogP contribution is -2.38. The molecule has 0 radical (unpaired) electrons.